The number of hydrogen-bond acceptors (Lipinski definition) is 16. The molecule has 0 aliphatic carbocycles. The van der Waals surface area contributed by atoms with Gasteiger partial charge in [0.1, 0.15) is 6.10 Å². The van der Waals surface area contributed by atoms with E-state index in [4.69, 9.17) is 44.1 Å². The van der Waals surface area contributed by atoms with Crippen LogP contribution in [0.1, 0.15) is 25.7 Å². The summed E-state index contributed by atoms with van der Waals surface area (Å²) in [6.45, 7) is 3.82. The second-order valence-corrected chi connectivity index (χ2v) is 9.40. The Labute approximate surface area is 269 Å². The second kappa shape index (κ2) is 45.5. The van der Waals surface area contributed by atoms with E-state index in [-0.39, 0.29) is 79.3 Å². The maximum atomic E-state index is 9.33. The first-order valence-electron chi connectivity index (χ1n) is 14.7. The van der Waals surface area contributed by atoms with Crippen molar-refractivity contribution in [2.45, 2.75) is 56.2 Å². The van der Waals surface area contributed by atoms with E-state index in [1.165, 1.54) is 0 Å². The molecule has 0 saturated carbocycles. The molecule has 0 saturated heterocycles. The van der Waals surface area contributed by atoms with Crippen molar-refractivity contribution < 1.29 is 78.4 Å². The van der Waals surface area contributed by atoms with Crippen LogP contribution in [0.5, 0.6) is 0 Å². The fraction of sp³-hybridized carbons (Fsp3) is 0.862. The predicted molar refractivity (Wildman–Crippen MR) is 162 cm³/mol. The van der Waals surface area contributed by atoms with E-state index in [0.29, 0.717) is 39.3 Å². The molecule has 0 rings (SSSR count). The number of aliphatic hydroxyl groups excluding tert-OH is 7. The van der Waals surface area contributed by atoms with Crippen molar-refractivity contribution in [3.8, 4) is 0 Å². The standard InChI is InChI=1S/C14H28O6.C9H19O6.C6H13O4.2Rf/c1-17-11-13(15)5-9-19-7-3-4-8-20-10-6-14(16)12-18-2;1-13-4-8(11)6-15-7-9(12)5-14-3-2-10;1-9-4-6(8)5-10-3-2-7;;/h13-16H,1-12H2;8-12H,1-7H2;6-8H,1-5H2;;/q-2;2*-1;;. The van der Waals surface area contributed by atoms with E-state index >= 15 is 0 Å². The van der Waals surface area contributed by atoms with Crippen LogP contribution >= 0.6 is 0 Å². The van der Waals surface area contributed by atoms with E-state index in [1.54, 1.807) is 0 Å². The molecule has 0 radical (unpaired) electrons. The summed E-state index contributed by atoms with van der Waals surface area (Å²) in [5.41, 5.74) is 0. The summed E-state index contributed by atoms with van der Waals surface area (Å²) in [7, 11) is 12.6. The van der Waals surface area contributed by atoms with Crippen LogP contribution in [0, 0.1) is 28.4 Å². The number of rotatable bonds is 31. The number of ether oxygens (including phenoxy) is 9. The van der Waals surface area contributed by atoms with Crippen molar-refractivity contribution in [1.29, 1.82) is 0 Å². The normalized spacial score (nSPS) is 13.9. The van der Waals surface area contributed by atoms with Crippen LogP contribution in [0.2, 0.25) is 0 Å². The van der Waals surface area contributed by atoms with Gasteiger partial charge in [-0.2, -0.15) is 0 Å². The van der Waals surface area contributed by atoms with Crippen molar-refractivity contribution in [3.05, 3.63) is 28.4 Å². The van der Waals surface area contributed by atoms with Crippen molar-refractivity contribution in [2.24, 2.45) is 0 Å². The summed E-state index contributed by atoms with van der Waals surface area (Å²) in [5.74, 6) is 0. The van der Waals surface area contributed by atoms with Crippen LogP contribution in [0.4, 0.5) is 0 Å². The fourth-order valence-corrected chi connectivity index (χ4v) is 2.81. The summed E-state index contributed by atoms with van der Waals surface area (Å²) in [4.78, 5) is 0. The van der Waals surface area contributed by atoms with Crippen LogP contribution in [0.15, 0.2) is 0 Å². The SMILES string of the molecule is [CH2-]OCC(O)CCOCCCCOCCC(O)CO[CH2-].[CH2-]OCC(O)COCC(O)COCCO.[CH2-]OCC(O)COCCO.[Rf].[Rf]. The van der Waals surface area contributed by atoms with Crippen LogP contribution in [-0.2, 0) is 42.6 Å². The van der Waals surface area contributed by atoms with Crippen molar-refractivity contribution in [3.63, 3.8) is 0 Å². The van der Waals surface area contributed by atoms with Gasteiger partial charge in [-0.15, -0.1) is 0 Å². The third kappa shape index (κ3) is 50.4. The summed E-state index contributed by atoms with van der Waals surface area (Å²) < 4.78 is 43.4. The van der Waals surface area contributed by atoms with Gasteiger partial charge in [-0.25, -0.2) is 28.4 Å². The number of unbranched alkanes of at least 4 members (excludes halogenated alkanes) is 1. The Morgan fingerprint density at radius 3 is 0.979 bits per heavy atom. The summed E-state index contributed by atoms with van der Waals surface area (Å²) in [6, 6.07) is 0. The number of hydrogen-bond donors (Lipinski definition) is 7. The van der Waals surface area contributed by atoms with Gasteiger partial charge in [0.2, 0.25) is 0 Å². The molecule has 0 spiro atoms. The largest absolute Gasteiger partial charge is 0.553 e. The van der Waals surface area contributed by atoms with Gasteiger partial charge in [0.15, 0.2) is 0 Å². The first kappa shape index (κ1) is 53.8. The van der Waals surface area contributed by atoms with Crippen molar-refractivity contribution >= 4 is 0 Å². The molecule has 0 aliphatic heterocycles. The molecule has 5 atom stereocenters. The summed E-state index contributed by atoms with van der Waals surface area (Å²) in [5, 5.41) is 62.6. The zero-order valence-electron chi connectivity index (χ0n) is 28.1. The third-order valence-corrected chi connectivity index (χ3v) is 4.97. The van der Waals surface area contributed by atoms with E-state index < -0.39 is 30.5 Å². The van der Waals surface area contributed by atoms with Crippen LogP contribution in [-0.4, -0.2) is 172 Å². The minimum absolute atomic E-state index is 0. The molecule has 280 valence electrons. The molecule has 0 aromatic heterocycles. The van der Waals surface area contributed by atoms with E-state index in [0.717, 1.165) is 12.8 Å². The Morgan fingerprint density at radius 2 is 0.660 bits per heavy atom. The topological polar surface area (TPSA) is 225 Å². The summed E-state index contributed by atoms with van der Waals surface area (Å²) in [6.07, 6.45) is -0.245. The maximum Gasteiger partial charge on any atom is 0.101 e. The average Bonchev–Trinajstić information content (AvgIpc) is 2.99. The van der Waals surface area contributed by atoms with Crippen molar-refractivity contribution in [2.75, 3.05) is 106 Å². The van der Waals surface area contributed by atoms with Gasteiger partial charge >= 0.3 is 0 Å². The van der Waals surface area contributed by atoms with E-state index in [1.807, 2.05) is 0 Å². The molecule has 0 bridgehead atoms. The predicted octanol–water partition coefficient (Wildman–Crippen LogP) is -1.38. The molecule has 0 aromatic rings. The average molecular weight is 1200 g/mol. The Bertz CT molecular complexity index is 515. The zero-order valence-corrected chi connectivity index (χ0v) is 40.9. The molecule has 16 nitrogen and oxygen atoms in total. The molecule has 18 heteroatoms. The number of aliphatic hydroxyl groups is 7. The van der Waals surface area contributed by atoms with Gasteiger partial charge in [-0.1, -0.05) is 0 Å². The van der Waals surface area contributed by atoms with Crippen LogP contribution in [0.25, 0.3) is 0 Å². The molecule has 0 aliphatic rings. The molecular weight excluding hydrogens is 1140 g/mol. The Hall–Kier alpha value is -2.64. The molecule has 5 unspecified atom stereocenters. The van der Waals surface area contributed by atoms with Gasteiger partial charge in [0.25, 0.3) is 0 Å². The van der Waals surface area contributed by atoms with Crippen LogP contribution < -0.4 is 0 Å². The van der Waals surface area contributed by atoms with Gasteiger partial charge in [-0.3, -0.25) is 0 Å². The Kier molecular flexibility index (Phi) is 52.1. The second-order valence-electron chi connectivity index (χ2n) is 9.40. The molecule has 0 aromatic carbocycles. The first-order chi connectivity index (χ1) is 21.7. The van der Waals surface area contributed by atoms with Gasteiger partial charge in [-0.05, 0) is 25.7 Å². The minimum atomic E-state index is -0.760. The first-order valence-corrected chi connectivity index (χ1v) is 14.7. The monoisotopic (exact) mass is 1200 g/mol. The molecule has 0 heterocycles. The van der Waals surface area contributed by atoms with Crippen LogP contribution in [0.3, 0.4) is 0 Å². The minimum Gasteiger partial charge on any atom is -0.553 e. The third-order valence-electron chi connectivity index (χ3n) is 4.97. The van der Waals surface area contributed by atoms with Gasteiger partial charge in [0.05, 0.1) is 77.3 Å². The quantitative estimate of drug-likeness (QED) is 0.0314. The van der Waals surface area contributed by atoms with E-state index in [9.17, 15) is 15.3 Å². The van der Waals surface area contributed by atoms with Crippen molar-refractivity contribution in [1.82, 2.24) is 0 Å². The molecule has 0 fully saturated rings. The van der Waals surface area contributed by atoms with Gasteiger partial charge in [0, 0.05) is 52.9 Å². The molecule has 47 heavy (non-hydrogen) atoms. The smallest absolute Gasteiger partial charge is 0.101 e. The molecule has 0 amide bonds. The zero-order chi connectivity index (χ0) is 34.4. The Morgan fingerprint density at radius 1 is 0.362 bits per heavy atom. The van der Waals surface area contributed by atoms with E-state index in [2.05, 4.69) is 47.4 Å². The summed E-state index contributed by atoms with van der Waals surface area (Å²) >= 11 is 0. The maximum absolute atomic E-state index is 9.33. The Balaban J connectivity index is -0.000000194. The fourth-order valence-electron chi connectivity index (χ4n) is 2.81. The molecule has 7 N–H and O–H groups in total. The molecular formula is C29H60O16Rf2-4. The van der Waals surface area contributed by atoms with Gasteiger partial charge < -0.3 is 78.4 Å².